The van der Waals surface area contributed by atoms with Crippen molar-refractivity contribution in [1.29, 1.82) is 0 Å². The predicted octanol–water partition coefficient (Wildman–Crippen LogP) is 1.92. The summed E-state index contributed by atoms with van der Waals surface area (Å²) in [5, 5.41) is 2.80. The number of aromatic nitrogens is 2. The van der Waals surface area contributed by atoms with Crippen molar-refractivity contribution in [1.82, 2.24) is 15.3 Å². The summed E-state index contributed by atoms with van der Waals surface area (Å²) >= 11 is 0. The van der Waals surface area contributed by atoms with E-state index >= 15 is 0 Å². The van der Waals surface area contributed by atoms with Crippen LogP contribution in [-0.4, -0.2) is 35.2 Å². The lowest BCUT2D eigenvalue weighted by Gasteiger charge is -2.06. The van der Waals surface area contributed by atoms with Crippen molar-refractivity contribution in [3.05, 3.63) is 48.0 Å². The molecule has 0 atom stereocenters. The third-order valence-corrected chi connectivity index (χ3v) is 2.81. The normalized spacial score (nSPS) is 10.0. The van der Waals surface area contributed by atoms with Crippen molar-refractivity contribution in [2.75, 3.05) is 13.2 Å². The van der Waals surface area contributed by atoms with Crippen molar-refractivity contribution in [3.8, 4) is 5.75 Å². The molecule has 1 heterocycles. The van der Waals surface area contributed by atoms with Crippen molar-refractivity contribution in [2.45, 2.75) is 13.3 Å². The van der Waals surface area contributed by atoms with Gasteiger partial charge in [0.1, 0.15) is 5.75 Å². The lowest BCUT2D eigenvalue weighted by molar-refractivity contribution is 0.0954. The summed E-state index contributed by atoms with van der Waals surface area (Å²) in [6.45, 7) is 2.44. The molecule has 2 N–H and O–H groups in total. The third kappa shape index (κ3) is 4.62. The zero-order valence-electron chi connectivity index (χ0n) is 12.2. The molecule has 7 nitrogen and oxygen atoms in total. The number of nitrogens with one attached hydrogen (secondary N) is 2. The molecular weight excluding hydrogens is 286 g/mol. The van der Waals surface area contributed by atoms with Crippen LogP contribution in [-0.2, 0) is 11.2 Å². The zero-order valence-corrected chi connectivity index (χ0v) is 12.2. The molecule has 0 saturated heterocycles. The minimum absolute atomic E-state index is 0.192. The monoisotopic (exact) mass is 303 g/mol. The fourth-order valence-electron chi connectivity index (χ4n) is 1.75. The average Bonchev–Trinajstić information content (AvgIpc) is 3.01. The molecule has 1 aromatic heterocycles. The third-order valence-electron chi connectivity index (χ3n) is 2.81. The minimum atomic E-state index is -0.765. The van der Waals surface area contributed by atoms with Gasteiger partial charge in [-0.2, -0.15) is 0 Å². The van der Waals surface area contributed by atoms with E-state index in [1.807, 2.05) is 0 Å². The smallest absolute Gasteiger partial charge is 0.434 e. The molecule has 0 unspecified atom stereocenters. The van der Waals surface area contributed by atoms with Crippen molar-refractivity contribution < 1.29 is 19.1 Å². The van der Waals surface area contributed by atoms with Crippen LogP contribution in [0.3, 0.4) is 0 Å². The maximum atomic E-state index is 11.9. The molecule has 1 aromatic carbocycles. The maximum absolute atomic E-state index is 11.9. The van der Waals surface area contributed by atoms with Gasteiger partial charge < -0.3 is 19.8 Å². The molecule has 22 heavy (non-hydrogen) atoms. The Morgan fingerprint density at radius 2 is 2.05 bits per heavy atom. The van der Waals surface area contributed by atoms with Crippen LogP contribution in [0.25, 0.3) is 0 Å². The van der Waals surface area contributed by atoms with E-state index in [-0.39, 0.29) is 12.5 Å². The Morgan fingerprint density at radius 1 is 1.27 bits per heavy atom. The molecule has 2 rings (SSSR count). The van der Waals surface area contributed by atoms with E-state index < -0.39 is 6.16 Å². The highest BCUT2D eigenvalue weighted by Gasteiger charge is 2.08. The first-order chi connectivity index (χ1) is 10.7. The number of imidazole rings is 1. The van der Waals surface area contributed by atoms with Gasteiger partial charge in [0, 0.05) is 30.4 Å². The molecule has 0 fully saturated rings. The number of ether oxygens (including phenoxy) is 2. The number of carbonyl (C=O) groups excluding carboxylic acids is 2. The van der Waals surface area contributed by atoms with Crippen LogP contribution < -0.4 is 10.1 Å². The van der Waals surface area contributed by atoms with E-state index in [4.69, 9.17) is 4.74 Å². The Morgan fingerprint density at radius 3 is 2.68 bits per heavy atom. The van der Waals surface area contributed by atoms with Gasteiger partial charge in [0.15, 0.2) is 0 Å². The number of nitrogens with zero attached hydrogens (tertiary/aromatic N) is 1. The van der Waals surface area contributed by atoms with Gasteiger partial charge in [-0.25, -0.2) is 9.78 Å². The molecule has 7 heteroatoms. The van der Waals surface area contributed by atoms with Gasteiger partial charge in [0.05, 0.1) is 12.9 Å². The van der Waals surface area contributed by atoms with Crippen LogP contribution in [0, 0.1) is 0 Å². The van der Waals surface area contributed by atoms with Crippen molar-refractivity contribution in [2.24, 2.45) is 0 Å². The highest BCUT2D eigenvalue weighted by molar-refractivity contribution is 5.94. The molecule has 116 valence electrons. The number of hydrogen-bond acceptors (Lipinski definition) is 5. The molecule has 0 aliphatic carbocycles. The summed E-state index contributed by atoms with van der Waals surface area (Å²) < 4.78 is 9.58. The maximum Gasteiger partial charge on any atom is 0.513 e. The van der Waals surface area contributed by atoms with Crippen molar-refractivity contribution >= 4 is 12.1 Å². The Balaban J connectivity index is 1.81. The standard InChI is InChI=1S/C15H17N3O4/c1-2-21-15(20)22-13-5-3-11(4-6-13)14(19)17-8-7-12-9-16-10-18-12/h3-6,9-10H,2,7-8H2,1H3,(H,16,18)(H,17,19). The SMILES string of the molecule is CCOC(=O)Oc1ccc(C(=O)NCCc2cnc[nH]2)cc1. The van der Waals surface area contributed by atoms with Gasteiger partial charge in [0.25, 0.3) is 5.91 Å². The second kappa shape index (κ2) is 7.82. The summed E-state index contributed by atoms with van der Waals surface area (Å²) in [5.74, 6) is 0.134. The van der Waals surface area contributed by atoms with E-state index in [1.165, 1.54) is 0 Å². The van der Waals surface area contributed by atoms with Gasteiger partial charge in [-0.15, -0.1) is 0 Å². The average molecular weight is 303 g/mol. The first-order valence-electron chi connectivity index (χ1n) is 6.89. The van der Waals surface area contributed by atoms with Crippen LogP contribution in [0.4, 0.5) is 4.79 Å². The first-order valence-corrected chi connectivity index (χ1v) is 6.89. The first kappa shape index (κ1) is 15.6. The molecule has 0 spiro atoms. The molecule has 0 aliphatic heterocycles. The Bertz CT molecular complexity index is 608. The second-order valence-corrected chi connectivity index (χ2v) is 4.39. The van der Waals surface area contributed by atoms with Crippen LogP contribution in [0.15, 0.2) is 36.8 Å². The summed E-state index contributed by atoms with van der Waals surface area (Å²) in [4.78, 5) is 30.0. The fraction of sp³-hybridized carbons (Fsp3) is 0.267. The van der Waals surface area contributed by atoms with E-state index in [1.54, 1.807) is 43.7 Å². The van der Waals surface area contributed by atoms with Gasteiger partial charge in [-0.1, -0.05) is 0 Å². The molecule has 0 aliphatic rings. The molecular formula is C15H17N3O4. The largest absolute Gasteiger partial charge is 0.513 e. The molecule has 0 bridgehead atoms. The number of benzene rings is 1. The van der Waals surface area contributed by atoms with Crippen LogP contribution in [0.5, 0.6) is 5.75 Å². The van der Waals surface area contributed by atoms with Crippen LogP contribution >= 0.6 is 0 Å². The Labute approximate surface area is 127 Å². The lowest BCUT2D eigenvalue weighted by atomic mass is 10.2. The molecule has 1 amide bonds. The fourth-order valence-corrected chi connectivity index (χ4v) is 1.75. The van der Waals surface area contributed by atoms with Crippen LogP contribution in [0.1, 0.15) is 23.0 Å². The summed E-state index contributed by atoms with van der Waals surface area (Å²) in [6, 6.07) is 6.25. The van der Waals surface area contributed by atoms with Gasteiger partial charge in [-0.3, -0.25) is 4.79 Å². The highest BCUT2D eigenvalue weighted by Crippen LogP contribution is 2.13. The van der Waals surface area contributed by atoms with Crippen LogP contribution in [0.2, 0.25) is 0 Å². The van der Waals surface area contributed by atoms with E-state index in [9.17, 15) is 9.59 Å². The molecule has 0 radical (unpaired) electrons. The zero-order chi connectivity index (χ0) is 15.8. The number of carbonyl (C=O) groups is 2. The summed E-state index contributed by atoms with van der Waals surface area (Å²) in [7, 11) is 0. The van der Waals surface area contributed by atoms with E-state index in [2.05, 4.69) is 20.0 Å². The van der Waals surface area contributed by atoms with Gasteiger partial charge >= 0.3 is 6.16 Å². The quantitative estimate of drug-likeness (QED) is 0.628. The van der Waals surface area contributed by atoms with Crippen molar-refractivity contribution in [3.63, 3.8) is 0 Å². The molecule has 2 aromatic rings. The Hall–Kier alpha value is -2.83. The number of rotatable bonds is 6. The Kier molecular flexibility index (Phi) is 5.53. The lowest BCUT2D eigenvalue weighted by Crippen LogP contribution is -2.25. The van der Waals surface area contributed by atoms with E-state index in [0.29, 0.717) is 24.3 Å². The summed E-state index contributed by atoms with van der Waals surface area (Å²) in [5.41, 5.74) is 1.44. The van der Waals surface area contributed by atoms with E-state index in [0.717, 1.165) is 5.69 Å². The predicted molar refractivity (Wildman–Crippen MR) is 78.7 cm³/mol. The summed E-state index contributed by atoms with van der Waals surface area (Å²) in [6.07, 6.45) is 3.22. The highest BCUT2D eigenvalue weighted by atomic mass is 16.7. The number of amides is 1. The second-order valence-electron chi connectivity index (χ2n) is 4.39. The molecule has 0 saturated carbocycles. The number of hydrogen-bond donors (Lipinski definition) is 2. The number of H-pyrrole nitrogens is 1. The number of aromatic amines is 1. The topological polar surface area (TPSA) is 93.3 Å². The van der Waals surface area contributed by atoms with Gasteiger partial charge in [-0.05, 0) is 31.2 Å². The minimum Gasteiger partial charge on any atom is -0.434 e. The van der Waals surface area contributed by atoms with Gasteiger partial charge in [0.2, 0.25) is 0 Å².